The molecule has 1 saturated heterocycles. The Bertz CT molecular complexity index is 454. The fraction of sp³-hybridized carbons (Fsp3) is 0.533. The zero-order valence-corrected chi connectivity index (χ0v) is 11.0. The molecule has 3 rings (SSSR count). The molecule has 2 fully saturated rings. The summed E-state index contributed by atoms with van der Waals surface area (Å²) in [5, 5.41) is 3.40. The van der Waals surface area contributed by atoms with Gasteiger partial charge in [0.1, 0.15) is 5.75 Å². The van der Waals surface area contributed by atoms with Crippen LogP contribution in [-0.4, -0.2) is 18.6 Å². The summed E-state index contributed by atoms with van der Waals surface area (Å²) < 4.78 is 5.73. The number of amides is 1. The van der Waals surface area contributed by atoms with Gasteiger partial charge in [-0.25, -0.2) is 0 Å². The number of benzene rings is 1. The van der Waals surface area contributed by atoms with Crippen LogP contribution in [0.1, 0.15) is 37.3 Å². The van der Waals surface area contributed by atoms with E-state index in [4.69, 9.17) is 10.5 Å². The zero-order chi connectivity index (χ0) is 13.2. The molecule has 102 valence electrons. The average molecular weight is 260 g/mol. The molecule has 1 aliphatic carbocycles. The van der Waals surface area contributed by atoms with E-state index in [0.29, 0.717) is 6.10 Å². The lowest BCUT2D eigenvalue weighted by Gasteiger charge is -2.31. The Hall–Kier alpha value is -1.55. The van der Waals surface area contributed by atoms with Gasteiger partial charge in [-0.15, -0.1) is 0 Å². The maximum absolute atomic E-state index is 11.5. The standard InChI is InChI=1S/C15H20N2O2/c16-15(18)13-2-1-9-17-14(13)10-3-5-11(6-4-10)19-12-7-8-12/h3-6,12-14,17H,1-2,7-9H2,(H2,16,18). The summed E-state index contributed by atoms with van der Waals surface area (Å²) in [6, 6.07) is 8.10. The van der Waals surface area contributed by atoms with Crippen molar-refractivity contribution >= 4 is 5.91 Å². The first-order chi connectivity index (χ1) is 9.24. The van der Waals surface area contributed by atoms with Gasteiger partial charge < -0.3 is 15.8 Å². The number of ether oxygens (including phenoxy) is 1. The van der Waals surface area contributed by atoms with Crippen LogP contribution in [-0.2, 0) is 4.79 Å². The van der Waals surface area contributed by atoms with Crippen LogP contribution in [0.25, 0.3) is 0 Å². The molecule has 0 bridgehead atoms. The van der Waals surface area contributed by atoms with E-state index in [9.17, 15) is 4.79 Å². The van der Waals surface area contributed by atoms with Crippen LogP contribution in [0.15, 0.2) is 24.3 Å². The normalized spacial score (nSPS) is 26.9. The zero-order valence-electron chi connectivity index (χ0n) is 11.0. The second kappa shape index (κ2) is 5.21. The minimum absolute atomic E-state index is 0.0428. The quantitative estimate of drug-likeness (QED) is 0.867. The first-order valence-corrected chi connectivity index (χ1v) is 7.03. The highest BCUT2D eigenvalue weighted by Crippen LogP contribution is 2.31. The highest BCUT2D eigenvalue weighted by Gasteiger charge is 2.30. The lowest BCUT2D eigenvalue weighted by Crippen LogP contribution is -2.40. The summed E-state index contributed by atoms with van der Waals surface area (Å²) in [4.78, 5) is 11.5. The molecular formula is C15H20N2O2. The number of carbonyl (C=O) groups is 1. The van der Waals surface area contributed by atoms with Crippen LogP contribution in [0, 0.1) is 5.92 Å². The van der Waals surface area contributed by atoms with Crippen molar-refractivity contribution in [3.05, 3.63) is 29.8 Å². The molecule has 2 aliphatic rings. The van der Waals surface area contributed by atoms with Crippen LogP contribution in [0.5, 0.6) is 5.75 Å². The second-order valence-corrected chi connectivity index (χ2v) is 5.47. The molecule has 3 N–H and O–H groups in total. The minimum atomic E-state index is -0.212. The van der Waals surface area contributed by atoms with Gasteiger partial charge in [0.25, 0.3) is 0 Å². The number of hydrogen-bond acceptors (Lipinski definition) is 3. The predicted molar refractivity (Wildman–Crippen MR) is 72.8 cm³/mol. The molecule has 1 aliphatic heterocycles. The van der Waals surface area contributed by atoms with Crippen LogP contribution >= 0.6 is 0 Å². The molecule has 0 radical (unpaired) electrons. The van der Waals surface area contributed by atoms with Gasteiger partial charge >= 0.3 is 0 Å². The SMILES string of the molecule is NC(=O)C1CCCNC1c1ccc(OC2CC2)cc1. The summed E-state index contributed by atoms with van der Waals surface area (Å²) in [6.45, 7) is 0.939. The molecule has 1 aromatic rings. The van der Waals surface area contributed by atoms with Crippen LogP contribution in [0.4, 0.5) is 0 Å². The third-order valence-electron chi connectivity index (χ3n) is 3.89. The highest BCUT2D eigenvalue weighted by atomic mass is 16.5. The van der Waals surface area contributed by atoms with Crippen molar-refractivity contribution in [1.29, 1.82) is 0 Å². The fourth-order valence-corrected chi connectivity index (χ4v) is 2.68. The van der Waals surface area contributed by atoms with E-state index in [1.165, 1.54) is 0 Å². The van der Waals surface area contributed by atoms with Gasteiger partial charge in [0.05, 0.1) is 12.0 Å². The Morgan fingerprint density at radius 1 is 1.21 bits per heavy atom. The molecule has 4 heteroatoms. The van der Waals surface area contributed by atoms with Crippen molar-refractivity contribution in [1.82, 2.24) is 5.32 Å². The molecule has 1 heterocycles. The Morgan fingerprint density at radius 3 is 2.58 bits per heavy atom. The van der Waals surface area contributed by atoms with E-state index in [1.807, 2.05) is 24.3 Å². The van der Waals surface area contributed by atoms with Gasteiger partial charge in [0.2, 0.25) is 5.91 Å². The number of piperidine rings is 1. The maximum Gasteiger partial charge on any atom is 0.222 e. The molecule has 2 unspecified atom stereocenters. The van der Waals surface area contributed by atoms with E-state index in [2.05, 4.69) is 5.32 Å². The van der Waals surface area contributed by atoms with Crippen LogP contribution in [0.2, 0.25) is 0 Å². The third-order valence-corrected chi connectivity index (χ3v) is 3.89. The highest BCUT2D eigenvalue weighted by molar-refractivity contribution is 5.77. The van der Waals surface area contributed by atoms with Crippen molar-refractivity contribution in [2.75, 3.05) is 6.54 Å². The van der Waals surface area contributed by atoms with Gasteiger partial charge in [0, 0.05) is 6.04 Å². The van der Waals surface area contributed by atoms with Crippen LogP contribution in [0.3, 0.4) is 0 Å². The summed E-state index contributed by atoms with van der Waals surface area (Å²) in [5.74, 6) is 0.595. The van der Waals surface area contributed by atoms with Gasteiger partial charge in [-0.1, -0.05) is 12.1 Å². The molecule has 1 amide bonds. The molecule has 2 atom stereocenters. The molecule has 0 aromatic heterocycles. The molecule has 1 aromatic carbocycles. The number of hydrogen-bond donors (Lipinski definition) is 2. The first-order valence-electron chi connectivity index (χ1n) is 7.03. The average Bonchev–Trinajstić information content (AvgIpc) is 3.23. The molecule has 4 nitrogen and oxygen atoms in total. The Morgan fingerprint density at radius 2 is 1.95 bits per heavy atom. The van der Waals surface area contributed by atoms with E-state index in [-0.39, 0.29) is 17.9 Å². The van der Waals surface area contributed by atoms with Gasteiger partial charge in [0.15, 0.2) is 0 Å². The third kappa shape index (κ3) is 2.89. The summed E-state index contributed by atoms with van der Waals surface area (Å²) in [7, 11) is 0. The fourth-order valence-electron chi connectivity index (χ4n) is 2.68. The van der Waals surface area contributed by atoms with Gasteiger partial charge in [-0.05, 0) is 49.9 Å². The predicted octanol–water partition coefficient (Wildman–Crippen LogP) is 1.75. The van der Waals surface area contributed by atoms with E-state index in [0.717, 1.165) is 43.5 Å². The Labute approximate surface area is 113 Å². The molecule has 19 heavy (non-hydrogen) atoms. The van der Waals surface area contributed by atoms with Crippen molar-refractivity contribution in [3.63, 3.8) is 0 Å². The van der Waals surface area contributed by atoms with E-state index in [1.54, 1.807) is 0 Å². The van der Waals surface area contributed by atoms with E-state index < -0.39 is 0 Å². The van der Waals surface area contributed by atoms with Crippen molar-refractivity contribution in [2.24, 2.45) is 11.7 Å². The monoisotopic (exact) mass is 260 g/mol. The number of nitrogens with two attached hydrogens (primary N) is 1. The summed E-state index contributed by atoms with van der Waals surface area (Å²) >= 11 is 0. The largest absolute Gasteiger partial charge is 0.490 e. The summed E-state index contributed by atoms with van der Waals surface area (Å²) in [6.07, 6.45) is 4.61. The van der Waals surface area contributed by atoms with E-state index >= 15 is 0 Å². The minimum Gasteiger partial charge on any atom is -0.490 e. The molecule has 0 spiro atoms. The van der Waals surface area contributed by atoms with Gasteiger partial charge in [-0.2, -0.15) is 0 Å². The van der Waals surface area contributed by atoms with Gasteiger partial charge in [-0.3, -0.25) is 4.79 Å². The summed E-state index contributed by atoms with van der Waals surface area (Å²) in [5.41, 5.74) is 6.61. The smallest absolute Gasteiger partial charge is 0.222 e. The maximum atomic E-state index is 11.5. The van der Waals surface area contributed by atoms with Crippen LogP contribution < -0.4 is 15.8 Å². The lowest BCUT2D eigenvalue weighted by molar-refractivity contribution is -0.123. The lowest BCUT2D eigenvalue weighted by atomic mass is 9.86. The number of carbonyl (C=O) groups excluding carboxylic acids is 1. The molecule has 1 saturated carbocycles. The Kier molecular flexibility index (Phi) is 3.42. The topological polar surface area (TPSA) is 64.4 Å². The van der Waals surface area contributed by atoms with Crippen molar-refractivity contribution in [2.45, 2.75) is 37.8 Å². The number of primary amides is 1. The molecular weight excluding hydrogens is 240 g/mol. The number of nitrogens with one attached hydrogen (secondary N) is 1. The Balaban J connectivity index is 1.73. The van der Waals surface area contributed by atoms with Crippen molar-refractivity contribution in [3.8, 4) is 5.75 Å². The first kappa shape index (κ1) is 12.5. The van der Waals surface area contributed by atoms with Crippen molar-refractivity contribution < 1.29 is 9.53 Å². The second-order valence-electron chi connectivity index (χ2n) is 5.47. The number of rotatable bonds is 4.